The van der Waals surface area contributed by atoms with Gasteiger partial charge in [0.1, 0.15) is 10.9 Å². The summed E-state index contributed by atoms with van der Waals surface area (Å²) < 4.78 is 49.8. The minimum absolute atomic E-state index is 0.00743. The Hall–Kier alpha value is -3.03. The largest absolute Gasteiger partial charge is 0.465 e. The van der Waals surface area contributed by atoms with Gasteiger partial charge in [-0.1, -0.05) is 53.7 Å². The van der Waals surface area contributed by atoms with Gasteiger partial charge in [0, 0.05) is 25.2 Å². The Morgan fingerprint density at radius 3 is 2.68 bits per heavy atom. The molecule has 5 rings (SSSR count). The summed E-state index contributed by atoms with van der Waals surface area (Å²) in [6, 6.07) is 7.40. The number of rotatable bonds is 7. The van der Waals surface area contributed by atoms with Gasteiger partial charge in [0.05, 0.1) is 6.04 Å². The number of fused-ring (bicyclic) bond motifs is 3. The average molecular weight is 570 g/mol. The molecule has 0 spiro atoms. The molecule has 9 nitrogen and oxygen atoms in total. The molecule has 0 aliphatic carbocycles. The number of aromatic amines is 1. The fraction of sp³-hybridized carbons (Fsp3) is 0.417. The summed E-state index contributed by atoms with van der Waals surface area (Å²) in [7, 11) is 0. The smallest absolute Gasteiger partial charge is 0.407 e. The third kappa shape index (κ3) is 4.78. The molecule has 2 N–H and O–H groups in total. The maximum Gasteiger partial charge on any atom is 0.407 e. The second-order valence-electron chi connectivity index (χ2n) is 9.12. The fourth-order valence-corrected chi connectivity index (χ4v) is 5.95. The summed E-state index contributed by atoms with van der Waals surface area (Å²) in [4.78, 5) is 38.2. The molecule has 0 radical (unpaired) electrons. The molecule has 0 saturated carbocycles. The second-order valence-corrected chi connectivity index (χ2v) is 10.3. The van der Waals surface area contributed by atoms with Crippen molar-refractivity contribution in [1.82, 2.24) is 24.8 Å². The van der Waals surface area contributed by atoms with Gasteiger partial charge in [-0.05, 0) is 24.7 Å². The zero-order valence-corrected chi connectivity index (χ0v) is 21.6. The molecule has 2 saturated heterocycles. The molecular formula is C24H23ClF3N5O4S. The molecule has 2 aliphatic rings. The maximum atomic E-state index is 14.8. The highest BCUT2D eigenvalue weighted by Gasteiger charge is 2.53. The van der Waals surface area contributed by atoms with E-state index in [0.717, 1.165) is 22.2 Å². The highest BCUT2D eigenvalue weighted by Crippen LogP contribution is 2.39. The molecule has 2 aromatic heterocycles. The third-order valence-corrected chi connectivity index (χ3v) is 7.86. The maximum absolute atomic E-state index is 14.8. The Labute approximate surface area is 224 Å². The number of ether oxygens (including phenoxy) is 1. The number of aromatic nitrogens is 3. The van der Waals surface area contributed by atoms with Crippen molar-refractivity contribution < 1.29 is 27.8 Å². The topological polar surface area (TPSA) is 112 Å². The molecule has 4 heterocycles. The van der Waals surface area contributed by atoms with Crippen molar-refractivity contribution in [3.63, 3.8) is 0 Å². The minimum Gasteiger partial charge on any atom is -0.465 e. The van der Waals surface area contributed by atoms with E-state index in [0.29, 0.717) is 19.4 Å². The van der Waals surface area contributed by atoms with Crippen molar-refractivity contribution in [1.29, 1.82) is 0 Å². The predicted octanol–water partition coefficient (Wildman–Crippen LogP) is 4.24. The van der Waals surface area contributed by atoms with E-state index >= 15 is 0 Å². The number of benzene rings is 1. The zero-order chi connectivity index (χ0) is 27.1. The van der Waals surface area contributed by atoms with E-state index in [9.17, 15) is 27.9 Å². The number of piperazine rings is 1. The summed E-state index contributed by atoms with van der Waals surface area (Å²) in [6.45, 7) is 0.453. The predicted molar refractivity (Wildman–Crippen MR) is 135 cm³/mol. The minimum atomic E-state index is -3.17. The Bertz CT molecular complexity index is 1420. The van der Waals surface area contributed by atoms with E-state index < -0.39 is 64.0 Å². The molecule has 2 aliphatic heterocycles. The molecule has 3 aromatic rings. The van der Waals surface area contributed by atoms with Crippen molar-refractivity contribution in [3.05, 3.63) is 57.2 Å². The molecule has 4 unspecified atom stereocenters. The molecule has 1 amide bonds. The first-order valence-electron chi connectivity index (χ1n) is 11.8. The number of H-pyrrole nitrogens is 1. The van der Waals surface area contributed by atoms with Gasteiger partial charge in [-0.3, -0.25) is 14.6 Å². The number of alkyl halides is 2. The molecule has 1 aromatic carbocycles. The van der Waals surface area contributed by atoms with E-state index in [1.807, 2.05) is 35.2 Å². The van der Waals surface area contributed by atoms with E-state index in [-0.39, 0.29) is 17.7 Å². The van der Waals surface area contributed by atoms with E-state index in [4.69, 9.17) is 16.3 Å². The number of carboxylic acid groups (broad SMARTS) is 1. The summed E-state index contributed by atoms with van der Waals surface area (Å²) in [5.41, 5.74) is -0.371. The number of halogens is 4. The van der Waals surface area contributed by atoms with Crippen molar-refractivity contribution in [2.75, 3.05) is 12.8 Å². The van der Waals surface area contributed by atoms with Crippen LogP contribution in [-0.4, -0.2) is 79.4 Å². The van der Waals surface area contributed by atoms with Gasteiger partial charge >= 0.3 is 6.09 Å². The van der Waals surface area contributed by atoms with Gasteiger partial charge in [0.2, 0.25) is 5.88 Å². The first-order chi connectivity index (χ1) is 18.2. The SMILES string of the molecule is CSc1nc2c(F)c(Cl)nc(OC(C(F)F)C3C4CCC(CN3C(=O)O)N4Cc3ccccc3)c2c(=O)[nH]1. The number of likely N-dealkylation sites (tertiary alicyclic amines) is 1. The van der Waals surface area contributed by atoms with Crippen LogP contribution in [0.5, 0.6) is 5.88 Å². The highest BCUT2D eigenvalue weighted by atomic mass is 35.5. The van der Waals surface area contributed by atoms with Gasteiger partial charge in [0.15, 0.2) is 22.2 Å². The number of hydrogen-bond acceptors (Lipinski definition) is 7. The van der Waals surface area contributed by atoms with Crippen LogP contribution in [0.2, 0.25) is 5.15 Å². The lowest BCUT2D eigenvalue weighted by molar-refractivity contribution is -0.0831. The molecule has 2 bridgehead atoms. The fourth-order valence-electron chi connectivity index (χ4n) is 5.41. The lowest BCUT2D eigenvalue weighted by Gasteiger charge is -2.48. The summed E-state index contributed by atoms with van der Waals surface area (Å²) in [5, 5.41) is 8.83. The molecule has 14 heteroatoms. The van der Waals surface area contributed by atoms with E-state index in [2.05, 4.69) is 15.0 Å². The van der Waals surface area contributed by atoms with Crippen LogP contribution in [0.25, 0.3) is 10.9 Å². The third-order valence-electron chi connectivity index (χ3n) is 7.03. The highest BCUT2D eigenvalue weighted by molar-refractivity contribution is 7.98. The van der Waals surface area contributed by atoms with Crippen LogP contribution < -0.4 is 10.3 Å². The van der Waals surface area contributed by atoms with Gasteiger partial charge in [-0.2, -0.15) is 4.98 Å². The summed E-state index contributed by atoms with van der Waals surface area (Å²) >= 11 is 6.96. The van der Waals surface area contributed by atoms with Gasteiger partial charge in [-0.25, -0.2) is 22.9 Å². The number of hydrogen-bond donors (Lipinski definition) is 2. The van der Waals surface area contributed by atoms with Crippen LogP contribution in [0, 0.1) is 5.82 Å². The van der Waals surface area contributed by atoms with Gasteiger partial charge in [-0.15, -0.1) is 0 Å². The number of carbonyl (C=O) groups is 1. The summed E-state index contributed by atoms with van der Waals surface area (Å²) in [6.07, 6.45) is -3.86. The van der Waals surface area contributed by atoms with Crippen molar-refractivity contribution in [2.45, 2.75) is 55.2 Å². The average Bonchev–Trinajstić information content (AvgIpc) is 3.15. The number of nitrogens with one attached hydrogen (secondary N) is 1. The molecular weight excluding hydrogens is 547 g/mol. The number of nitrogens with zero attached hydrogens (tertiary/aromatic N) is 4. The van der Waals surface area contributed by atoms with Crippen LogP contribution in [0.3, 0.4) is 0 Å². The number of pyridine rings is 1. The first kappa shape index (κ1) is 26.6. The normalized spacial score (nSPS) is 22.3. The molecule has 38 heavy (non-hydrogen) atoms. The molecule has 202 valence electrons. The number of thioether (sulfide) groups is 1. The van der Waals surface area contributed by atoms with Crippen molar-refractivity contribution in [3.8, 4) is 5.88 Å². The second kappa shape index (κ2) is 10.6. The van der Waals surface area contributed by atoms with Crippen LogP contribution in [-0.2, 0) is 6.54 Å². The number of amides is 1. The van der Waals surface area contributed by atoms with Gasteiger partial charge < -0.3 is 14.8 Å². The Kier molecular flexibility index (Phi) is 7.43. The van der Waals surface area contributed by atoms with Crippen LogP contribution in [0.15, 0.2) is 40.3 Å². The zero-order valence-electron chi connectivity index (χ0n) is 20.0. The Balaban J connectivity index is 1.57. The lowest BCUT2D eigenvalue weighted by Crippen LogP contribution is -2.66. The van der Waals surface area contributed by atoms with Crippen LogP contribution in [0.4, 0.5) is 18.0 Å². The van der Waals surface area contributed by atoms with E-state index in [1.54, 1.807) is 6.26 Å². The molecule has 2 fully saturated rings. The van der Waals surface area contributed by atoms with Crippen molar-refractivity contribution in [2.24, 2.45) is 0 Å². The summed E-state index contributed by atoms with van der Waals surface area (Å²) in [5.74, 6) is -1.74. The van der Waals surface area contributed by atoms with Crippen LogP contribution >= 0.6 is 23.4 Å². The quantitative estimate of drug-likeness (QED) is 0.247. The van der Waals surface area contributed by atoms with Gasteiger partial charge in [0.25, 0.3) is 12.0 Å². The van der Waals surface area contributed by atoms with E-state index in [1.165, 1.54) is 0 Å². The Morgan fingerprint density at radius 1 is 1.29 bits per heavy atom. The Morgan fingerprint density at radius 2 is 2.03 bits per heavy atom. The van der Waals surface area contributed by atoms with Crippen LogP contribution in [0.1, 0.15) is 18.4 Å². The monoisotopic (exact) mass is 569 g/mol. The lowest BCUT2D eigenvalue weighted by atomic mass is 9.96. The van der Waals surface area contributed by atoms with Crippen molar-refractivity contribution >= 4 is 40.4 Å². The molecule has 4 atom stereocenters. The first-order valence-corrected chi connectivity index (χ1v) is 13.4. The standard InChI is InChI=1S/C24H23ClF3N5O4S/c1-38-23-29-16-14(21(34)31-23)22(30-19(25)15(16)26)37-18(20(27)28)17-13-8-7-12(10-33(17)24(35)36)32(13)9-11-5-3-2-4-6-11/h2-6,12-13,17-18,20H,7-10H2,1H3,(H,35,36)(H,29,31,34).